The molecule has 2 aromatic heterocycles. The number of benzene rings is 1. The Balaban J connectivity index is 2.27. The van der Waals surface area contributed by atoms with Crippen LogP contribution in [0.2, 0.25) is 10.2 Å². The van der Waals surface area contributed by atoms with Crippen molar-refractivity contribution in [1.29, 1.82) is 0 Å². The van der Waals surface area contributed by atoms with Gasteiger partial charge in [-0.25, -0.2) is 0 Å². The predicted molar refractivity (Wildman–Crippen MR) is 80.6 cm³/mol. The van der Waals surface area contributed by atoms with Gasteiger partial charge < -0.3 is 19.4 Å². The van der Waals surface area contributed by atoms with Crippen LogP contribution in [0, 0.1) is 0 Å². The fourth-order valence-corrected chi connectivity index (χ4v) is 2.45. The van der Waals surface area contributed by atoms with Crippen molar-refractivity contribution in [2.45, 2.75) is 0 Å². The van der Waals surface area contributed by atoms with E-state index in [1.165, 1.54) is 6.26 Å². The summed E-state index contributed by atoms with van der Waals surface area (Å²) in [5.74, 6) is 1.20. The normalized spacial score (nSPS) is 10.8. The van der Waals surface area contributed by atoms with Gasteiger partial charge in [0, 0.05) is 10.6 Å². The summed E-state index contributed by atoms with van der Waals surface area (Å²) < 4.78 is 15.7. The van der Waals surface area contributed by atoms with Crippen molar-refractivity contribution in [3.8, 4) is 28.2 Å². The number of methoxy groups -OCH3 is 1. The van der Waals surface area contributed by atoms with Crippen molar-refractivity contribution >= 4 is 29.0 Å². The largest absolute Gasteiger partial charge is 0.496 e. The lowest BCUT2D eigenvalue weighted by Crippen LogP contribution is -1.92. The summed E-state index contributed by atoms with van der Waals surface area (Å²) in [6.07, 6.45) is 1.45. The fourth-order valence-electron chi connectivity index (χ4n) is 2.08. The first kappa shape index (κ1) is 13.9. The zero-order valence-corrected chi connectivity index (χ0v) is 12.4. The number of halogens is 2. The van der Waals surface area contributed by atoms with Gasteiger partial charge in [-0.15, -0.1) is 0 Å². The standard InChI is InChI=1S/C14H10Cl2N2O3/c1-19-10-3-2-7(15)6-9(10)11-12(21-18-14(11)17)8-4-5-20-13(8)16/h2-6H,1H3,(H2,17,18). The van der Waals surface area contributed by atoms with Gasteiger partial charge in [0.15, 0.2) is 11.6 Å². The molecule has 0 bridgehead atoms. The molecule has 3 aromatic rings. The minimum atomic E-state index is 0.188. The van der Waals surface area contributed by atoms with Crippen molar-refractivity contribution in [3.05, 3.63) is 40.8 Å². The summed E-state index contributed by atoms with van der Waals surface area (Å²) in [5.41, 5.74) is 7.70. The van der Waals surface area contributed by atoms with Gasteiger partial charge >= 0.3 is 0 Å². The number of nitrogens with zero attached hydrogens (tertiary/aromatic N) is 1. The van der Waals surface area contributed by atoms with Gasteiger partial charge in [0.2, 0.25) is 5.22 Å². The molecule has 0 saturated carbocycles. The van der Waals surface area contributed by atoms with Crippen molar-refractivity contribution < 1.29 is 13.7 Å². The average molecular weight is 325 g/mol. The lowest BCUT2D eigenvalue weighted by atomic mass is 10.0. The number of nitrogens with two attached hydrogens (primary N) is 1. The highest BCUT2D eigenvalue weighted by molar-refractivity contribution is 6.32. The number of hydrogen-bond acceptors (Lipinski definition) is 5. The summed E-state index contributed by atoms with van der Waals surface area (Å²) in [6.45, 7) is 0. The maximum Gasteiger partial charge on any atom is 0.204 e. The van der Waals surface area contributed by atoms with Gasteiger partial charge in [-0.05, 0) is 35.9 Å². The third-order valence-electron chi connectivity index (χ3n) is 3.01. The first-order valence-electron chi connectivity index (χ1n) is 5.94. The highest BCUT2D eigenvalue weighted by atomic mass is 35.5. The lowest BCUT2D eigenvalue weighted by Gasteiger charge is -2.08. The molecule has 0 aliphatic rings. The van der Waals surface area contributed by atoms with Crippen LogP contribution < -0.4 is 10.5 Å². The van der Waals surface area contributed by atoms with Gasteiger partial charge in [-0.1, -0.05) is 16.8 Å². The van der Waals surface area contributed by atoms with Crippen molar-refractivity contribution in [3.63, 3.8) is 0 Å². The average Bonchev–Trinajstić information content (AvgIpc) is 3.04. The van der Waals surface area contributed by atoms with E-state index in [1.807, 2.05) is 0 Å². The molecule has 1 aromatic carbocycles. The molecule has 0 unspecified atom stereocenters. The Labute approximate surface area is 130 Å². The Bertz CT molecular complexity index is 795. The minimum absolute atomic E-state index is 0.188. The number of anilines is 1. The molecule has 2 N–H and O–H groups in total. The first-order chi connectivity index (χ1) is 10.1. The van der Waals surface area contributed by atoms with Crippen LogP contribution in [-0.4, -0.2) is 12.3 Å². The van der Waals surface area contributed by atoms with E-state index in [2.05, 4.69) is 5.16 Å². The van der Waals surface area contributed by atoms with Crippen LogP contribution in [0.1, 0.15) is 0 Å². The number of rotatable bonds is 3. The molecule has 0 fully saturated rings. The van der Waals surface area contributed by atoms with Crippen LogP contribution in [0.4, 0.5) is 5.82 Å². The molecule has 0 spiro atoms. The molecule has 108 valence electrons. The van der Waals surface area contributed by atoms with E-state index < -0.39 is 0 Å². The van der Waals surface area contributed by atoms with E-state index in [1.54, 1.807) is 31.4 Å². The van der Waals surface area contributed by atoms with E-state index in [-0.39, 0.29) is 11.0 Å². The summed E-state index contributed by atoms with van der Waals surface area (Å²) >= 11 is 12.1. The molecule has 0 saturated heterocycles. The molecule has 0 aliphatic heterocycles. The van der Waals surface area contributed by atoms with Crippen LogP contribution in [-0.2, 0) is 0 Å². The van der Waals surface area contributed by atoms with Crippen LogP contribution in [0.25, 0.3) is 22.5 Å². The molecule has 21 heavy (non-hydrogen) atoms. The molecule has 2 heterocycles. The summed E-state index contributed by atoms with van der Waals surface area (Å²) in [7, 11) is 1.56. The zero-order valence-electron chi connectivity index (χ0n) is 10.9. The number of furan rings is 1. The molecule has 0 radical (unpaired) electrons. The van der Waals surface area contributed by atoms with Crippen molar-refractivity contribution in [2.75, 3.05) is 12.8 Å². The van der Waals surface area contributed by atoms with Crippen LogP contribution in [0.5, 0.6) is 5.75 Å². The zero-order chi connectivity index (χ0) is 15.0. The number of nitrogen functional groups attached to an aromatic ring is 1. The molecular weight excluding hydrogens is 315 g/mol. The highest BCUT2D eigenvalue weighted by Crippen LogP contribution is 2.43. The van der Waals surface area contributed by atoms with Crippen LogP contribution in [0.3, 0.4) is 0 Å². The number of aromatic nitrogens is 1. The van der Waals surface area contributed by atoms with Gasteiger partial charge in [-0.3, -0.25) is 0 Å². The van der Waals surface area contributed by atoms with Gasteiger partial charge in [0.1, 0.15) is 5.75 Å². The molecule has 5 nitrogen and oxygen atoms in total. The molecule has 0 atom stereocenters. The Morgan fingerprint density at radius 3 is 2.67 bits per heavy atom. The SMILES string of the molecule is COc1ccc(Cl)cc1-c1c(N)noc1-c1ccoc1Cl. The molecule has 0 amide bonds. The maximum atomic E-state index is 6.06. The second-order valence-electron chi connectivity index (χ2n) is 4.22. The van der Waals surface area contributed by atoms with Gasteiger partial charge in [0.25, 0.3) is 0 Å². The smallest absolute Gasteiger partial charge is 0.204 e. The Hall–Kier alpha value is -2.11. The molecule has 7 heteroatoms. The Kier molecular flexibility index (Phi) is 3.53. The highest BCUT2D eigenvalue weighted by Gasteiger charge is 2.23. The summed E-state index contributed by atoms with van der Waals surface area (Å²) in [4.78, 5) is 0. The fraction of sp³-hybridized carbons (Fsp3) is 0.0714. The minimum Gasteiger partial charge on any atom is -0.496 e. The topological polar surface area (TPSA) is 74.4 Å². The van der Waals surface area contributed by atoms with Crippen molar-refractivity contribution in [2.24, 2.45) is 0 Å². The maximum absolute atomic E-state index is 6.06. The molecular formula is C14H10Cl2N2O3. The summed E-state index contributed by atoms with van der Waals surface area (Å²) in [6, 6.07) is 6.85. The quantitative estimate of drug-likeness (QED) is 0.767. The second kappa shape index (κ2) is 5.35. The Morgan fingerprint density at radius 2 is 2.00 bits per heavy atom. The van der Waals surface area contributed by atoms with E-state index in [0.29, 0.717) is 33.2 Å². The number of ether oxygens (including phenoxy) is 1. The third-order valence-corrected chi connectivity index (χ3v) is 3.54. The van der Waals surface area contributed by atoms with E-state index >= 15 is 0 Å². The third kappa shape index (κ3) is 2.34. The van der Waals surface area contributed by atoms with Gasteiger partial charge in [-0.2, -0.15) is 0 Å². The van der Waals surface area contributed by atoms with Crippen LogP contribution >= 0.6 is 23.2 Å². The number of hydrogen-bond donors (Lipinski definition) is 1. The van der Waals surface area contributed by atoms with Crippen molar-refractivity contribution in [1.82, 2.24) is 5.16 Å². The predicted octanol–water partition coefficient (Wildman–Crippen LogP) is 4.50. The molecule has 0 aliphatic carbocycles. The van der Waals surface area contributed by atoms with E-state index in [9.17, 15) is 0 Å². The first-order valence-corrected chi connectivity index (χ1v) is 6.70. The second-order valence-corrected chi connectivity index (χ2v) is 5.00. The monoisotopic (exact) mass is 324 g/mol. The van der Waals surface area contributed by atoms with E-state index in [0.717, 1.165) is 0 Å². The van der Waals surface area contributed by atoms with Crippen LogP contribution in [0.15, 0.2) is 39.5 Å². The van der Waals surface area contributed by atoms with E-state index in [4.69, 9.17) is 42.6 Å². The lowest BCUT2D eigenvalue weighted by molar-refractivity contribution is 0.416. The Morgan fingerprint density at radius 1 is 1.19 bits per heavy atom. The van der Waals surface area contributed by atoms with Gasteiger partial charge in [0.05, 0.1) is 24.5 Å². The summed E-state index contributed by atoms with van der Waals surface area (Å²) in [5, 5.41) is 4.52. The molecule has 3 rings (SSSR count).